The van der Waals surface area contributed by atoms with Gasteiger partial charge in [-0.2, -0.15) is 5.10 Å². The topological polar surface area (TPSA) is 81.8 Å². The lowest BCUT2D eigenvalue weighted by molar-refractivity contribution is 0.452. The molecule has 156 valence electrons. The standard InChI is InChI=1S/C22H27N7S/c1-14-15(2)21-19(4-3-18(14)16-12-25-26-13-16)27-22(30-21)28-20-11-17(5-6-24-20)29-9-7-23-8-10-29/h3-6,11-15,18,23H,7-10H2,1-2H3,(H,25,26)(H,24,27,28). The van der Waals surface area contributed by atoms with Crippen molar-refractivity contribution < 1.29 is 0 Å². The molecule has 7 nitrogen and oxygen atoms in total. The molecule has 0 radical (unpaired) electrons. The maximum atomic E-state index is 4.88. The third-order valence-electron chi connectivity index (χ3n) is 6.28. The first-order valence-electron chi connectivity index (χ1n) is 10.6. The lowest BCUT2D eigenvalue weighted by atomic mass is 9.81. The molecule has 3 atom stereocenters. The van der Waals surface area contributed by atoms with Crippen molar-refractivity contribution in [2.75, 3.05) is 36.4 Å². The highest BCUT2D eigenvalue weighted by molar-refractivity contribution is 7.16. The van der Waals surface area contributed by atoms with Crippen LogP contribution >= 0.6 is 11.3 Å². The molecule has 8 heteroatoms. The third-order valence-corrected chi connectivity index (χ3v) is 7.46. The second kappa shape index (κ2) is 8.20. The number of aromatic amines is 1. The number of nitrogens with one attached hydrogen (secondary N) is 3. The van der Waals surface area contributed by atoms with Gasteiger partial charge in [0, 0.05) is 61.1 Å². The first-order valence-corrected chi connectivity index (χ1v) is 11.4. The molecule has 1 saturated heterocycles. The number of rotatable bonds is 4. The fourth-order valence-electron chi connectivity index (χ4n) is 4.34. The van der Waals surface area contributed by atoms with E-state index < -0.39 is 0 Å². The normalized spacial score (nSPS) is 23.8. The molecule has 0 saturated carbocycles. The van der Waals surface area contributed by atoms with Gasteiger partial charge in [0.05, 0.1) is 11.9 Å². The molecule has 0 bridgehead atoms. The maximum absolute atomic E-state index is 4.88. The Morgan fingerprint density at radius 3 is 2.90 bits per heavy atom. The van der Waals surface area contributed by atoms with E-state index in [1.165, 1.54) is 16.1 Å². The summed E-state index contributed by atoms with van der Waals surface area (Å²) in [7, 11) is 0. The van der Waals surface area contributed by atoms with Crippen LogP contribution in [-0.2, 0) is 0 Å². The number of allylic oxidation sites excluding steroid dienone is 1. The largest absolute Gasteiger partial charge is 0.369 e. The third kappa shape index (κ3) is 3.73. The molecule has 2 aliphatic rings. The molecule has 1 aliphatic heterocycles. The molecule has 0 amide bonds. The van der Waals surface area contributed by atoms with E-state index in [-0.39, 0.29) is 0 Å². The molecule has 1 fully saturated rings. The summed E-state index contributed by atoms with van der Waals surface area (Å²) in [6, 6.07) is 4.20. The van der Waals surface area contributed by atoms with Gasteiger partial charge in [-0.15, -0.1) is 11.3 Å². The Morgan fingerprint density at radius 1 is 1.23 bits per heavy atom. The van der Waals surface area contributed by atoms with Crippen LogP contribution in [0.25, 0.3) is 6.08 Å². The molecular weight excluding hydrogens is 394 g/mol. The fourth-order valence-corrected chi connectivity index (χ4v) is 5.46. The van der Waals surface area contributed by atoms with Crippen LogP contribution in [0.3, 0.4) is 0 Å². The summed E-state index contributed by atoms with van der Waals surface area (Å²) < 4.78 is 0. The molecule has 0 aromatic carbocycles. The van der Waals surface area contributed by atoms with E-state index in [2.05, 4.69) is 68.8 Å². The zero-order valence-corrected chi connectivity index (χ0v) is 18.1. The lowest BCUT2D eigenvalue weighted by Crippen LogP contribution is -2.43. The molecule has 1 aliphatic carbocycles. The van der Waals surface area contributed by atoms with E-state index in [4.69, 9.17) is 4.98 Å². The SMILES string of the molecule is CC1c2sc(Nc3cc(N4CCNCC4)ccn3)nc2C=CC(c2cn[nH]c2)C1C. The molecular formula is C22H27N7S. The Hall–Kier alpha value is -2.71. The van der Waals surface area contributed by atoms with E-state index in [1.807, 2.05) is 18.6 Å². The number of hydrogen-bond acceptors (Lipinski definition) is 7. The number of anilines is 3. The second-order valence-corrected chi connectivity index (χ2v) is 9.12. The number of piperazine rings is 1. The Labute approximate surface area is 180 Å². The van der Waals surface area contributed by atoms with Crippen molar-refractivity contribution in [3.63, 3.8) is 0 Å². The van der Waals surface area contributed by atoms with Crippen LogP contribution in [0, 0.1) is 5.92 Å². The smallest absolute Gasteiger partial charge is 0.189 e. The summed E-state index contributed by atoms with van der Waals surface area (Å²) in [5, 5.41) is 14.8. The van der Waals surface area contributed by atoms with Gasteiger partial charge in [0.2, 0.25) is 0 Å². The van der Waals surface area contributed by atoms with Crippen LogP contribution in [0.1, 0.15) is 41.8 Å². The number of hydrogen-bond donors (Lipinski definition) is 3. The molecule has 30 heavy (non-hydrogen) atoms. The van der Waals surface area contributed by atoms with Gasteiger partial charge in [-0.25, -0.2) is 9.97 Å². The summed E-state index contributed by atoms with van der Waals surface area (Å²) in [5.74, 6) is 2.05. The van der Waals surface area contributed by atoms with Gasteiger partial charge in [0.1, 0.15) is 5.82 Å². The average Bonchev–Trinajstić information content (AvgIpc) is 3.42. The lowest BCUT2D eigenvalue weighted by Gasteiger charge is -2.29. The zero-order valence-electron chi connectivity index (χ0n) is 17.3. The number of thiazole rings is 1. The maximum Gasteiger partial charge on any atom is 0.189 e. The van der Waals surface area contributed by atoms with Gasteiger partial charge in [-0.1, -0.05) is 19.9 Å². The predicted molar refractivity (Wildman–Crippen MR) is 123 cm³/mol. The summed E-state index contributed by atoms with van der Waals surface area (Å²) in [5.41, 5.74) is 3.50. The van der Waals surface area contributed by atoms with E-state index in [1.54, 1.807) is 11.3 Å². The molecule has 0 spiro atoms. The Kier molecular flexibility index (Phi) is 5.26. The molecule has 3 unspecified atom stereocenters. The summed E-state index contributed by atoms with van der Waals surface area (Å²) in [6.07, 6.45) is 10.2. The van der Waals surface area contributed by atoms with Crippen molar-refractivity contribution in [3.05, 3.63) is 52.9 Å². The molecule has 5 rings (SSSR count). The highest BCUT2D eigenvalue weighted by Gasteiger charge is 2.30. The van der Waals surface area contributed by atoms with Crippen molar-refractivity contribution in [2.45, 2.75) is 25.7 Å². The molecule has 3 N–H and O–H groups in total. The van der Waals surface area contributed by atoms with E-state index in [0.717, 1.165) is 42.8 Å². The average molecular weight is 422 g/mol. The van der Waals surface area contributed by atoms with Crippen molar-refractivity contribution >= 4 is 34.0 Å². The minimum atomic E-state index is 0.342. The van der Waals surface area contributed by atoms with Crippen molar-refractivity contribution in [3.8, 4) is 0 Å². The van der Waals surface area contributed by atoms with Crippen molar-refractivity contribution in [1.82, 2.24) is 25.5 Å². The first-order chi connectivity index (χ1) is 14.7. The van der Waals surface area contributed by atoms with Gasteiger partial charge >= 0.3 is 0 Å². The second-order valence-electron chi connectivity index (χ2n) is 8.09. The van der Waals surface area contributed by atoms with Crippen LogP contribution in [0.5, 0.6) is 0 Å². The quantitative estimate of drug-likeness (QED) is 0.591. The van der Waals surface area contributed by atoms with Gasteiger partial charge in [0.25, 0.3) is 0 Å². The van der Waals surface area contributed by atoms with E-state index >= 15 is 0 Å². The minimum Gasteiger partial charge on any atom is -0.369 e. The first kappa shape index (κ1) is 19.3. The summed E-state index contributed by atoms with van der Waals surface area (Å²) in [4.78, 5) is 13.1. The van der Waals surface area contributed by atoms with E-state index in [0.29, 0.717) is 17.8 Å². The number of H-pyrrole nitrogens is 1. The van der Waals surface area contributed by atoms with Gasteiger partial charge in [0.15, 0.2) is 5.13 Å². The highest BCUT2D eigenvalue weighted by atomic mass is 32.1. The van der Waals surface area contributed by atoms with Gasteiger partial charge in [-0.3, -0.25) is 5.10 Å². The van der Waals surface area contributed by atoms with Crippen molar-refractivity contribution in [2.24, 2.45) is 5.92 Å². The highest BCUT2D eigenvalue weighted by Crippen LogP contribution is 2.44. The van der Waals surface area contributed by atoms with Gasteiger partial charge in [-0.05, 0) is 29.5 Å². The number of aromatic nitrogens is 4. The van der Waals surface area contributed by atoms with Crippen LogP contribution in [0.4, 0.5) is 16.6 Å². The minimum absolute atomic E-state index is 0.342. The number of fused-ring (bicyclic) bond motifs is 1. The fraction of sp³-hybridized carbons (Fsp3) is 0.409. The Bertz CT molecular complexity index is 1020. The Morgan fingerprint density at radius 2 is 2.10 bits per heavy atom. The van der Waals surface area contributed by atoms with E-state index in [9.17, 15) is 0 Å². The molecule has 3 aromatic heterocycles. The molecule has 4 heterocycles. The monoisotopic (exact) mass is 421 g/mol. The van der Waals surface area contributed by atoms with Crippen LogP contribution in [0.15, 0.2) is 36.8 Å². The van der Waals surface area contributed by atoms with Crippen molar-refractivity contribution in [1.29, 1.82) is 0 Å². The Balaban J connectivity index is 1.37. The zero-order chi connectivity index (χ0) is 20.5. The van der Waals surface area contributed by atoms with Crippen LogP contribution in [0.2, 0.25) is 0 Å². The number of pyridine rings is 1. The summed E-state index contributed by atoms with van der Waals surface area (Å²) >= 11 is 1.74. The number of nitrogens with zero attached hydrogens (tertiary/aromatic N) is 4. The van der Waals surface area contributed by atoms with Crippen LogP contribution in [-0.4, -0.2) is 46.3 Å². The van der Waals surface area contributed by atoms with Gasteiger partial charge < -0.3 is 15.5 Å². The van der Waals surface area contributed by atoms with Crippen LogP contribution < -0.4 is 15.5 Å². The molecule has 3 aromatic rings. The predicted octanol–water partition coefficient (Wildman–Crippen LogP) is 3.96. The summed E-state index contributed by atoms with van der Waals surface area (Å²) in [6.45, 7) is 8.70.